The van der Waals surface area contributed by atoms with Crippen molar-refractivity contribution in [2.45, 2.75) is 54.6 Å². The van der Waals surface area contributed by atoms with Gasteiger partial charge in [0.15, 0.2) is 0 Å². The van der Waals surface area contributed by atoms with Gasteiger partial charge in [-0.05, 0) is 37.3 Å². The molecule has 5 heteroatoms. The Hall–Kier alpha value is -0.680. The van der Waals surface area contributed by atoms with Crippen molar-refractivity contribution in [1.29, 1.82) is 0 Å². The van der Waals surface area contributed by atoms with Gasteiger partial charge in [0, 0.05) is 10.5 Å². The molecular formula is C15H17F3OS. The van der Waals surface area contributed by atoms with Gasteiger partial charge in [-0.15, -0.1) is 0 Å². The summed E-state index contributed by atoms with van der Waals surface area (Å²) in [7, 11) is 0. The minimum Gasteiger partial charge on any atom is -0.385 e. The largest absolute Gasteiger partial charge is 0.385 e. The fourth-order valence-corrected chi connectivity index (χ4v) is 5.24. The topological polar surface area (TPSA) is 20.2 Å². The second-order valence-corrected chi connectivity index (χ2v) is 7.39. The van der Waals surface area contributed by atoms with E-state index in [1.807, 2.05) is 11.8 Å². The Morgan fingerprint density at radius 1 is 1.20 bits per heavy atom. The molecule has 0 spiro atoms. The Labute approximate surface area is 120 Å². The highest BCUT2D eigenvalue weighted by Gasteiger charge is 2.42. The summed E-state index contributed by atoms with van der Waals surface area (Å²) in [6.45, 7) is 0. The zero-order valence-electron chi connectivity index (χ0n) is 11.0. The van der Waals surface area contributed by atoms with Crippen molar-refractivity contribution in [2.75, 3.05) is 0 Å². The number of thioether (sulfide) groups is 1. The lowest BCUT2D eigenvalue weighted by molar-refractivity contribution is 0.00771. The van der Waals surface area contributed by atoms with E-state index < -0.39 is 23.4 Å². The molecule has 0 aliphatic carbocycles. The van der Waals surface area contributed by atoms with Crippen LogP contribution in [-0.2, 0) is 5.60 Å². The number of benzene rings is 1. The molecule has 1 aromatic rings. The van der Waals surface area contributed by atoms with Crippen molar-refractivity contribution in [1.82, 2.24) is 0 Å². The quantitative estimate of drug-likeness (QED) is 0.874. The van der Waals surface area contributed by atoms with Crippen molar-refractivity contribution in [3.8, 4) is 0 Å². The van der Waals surface area contributed by atoms with E-state index in [1.165, 1.54) is 12.5 Å². The Kier molecular flexibility index (Phi) is 3.75. The van der Waals surface area contributed by atoms with Crippen molar-refractivity contribution < 1.29 is 18.3 Å². The van der Waals surface area contributed by atoms with Crippen LogP contribution in [0.2, 0.25) is 0 Å². The van der Waals surface area contributed by atoms with Gasteiger partial charge in [-0.2, -0.15) is 11.8 Å². The van der Waals surface area contributed by atoms with Crippen LogP contribution in [0.15, 0.2) is 18.2 Å². The summed E-state index contributed by atoms with van der Waals surface area (Å²) in [5.41, 5.74) is -1.22. The fourth-order valence-electron chi connectivity index (χ4n) is 3.35. The van der Waals surface area contributed by atoms with Crippen LogP contribution in [0.3, 0.4) is 0 Å². The minimum absolute atomic E-state index is 0.394. The first kappa shape index (κ1) is 14.3. The standard InChI is InChI=1S/C15H17F3OS/c16-13-6-9(4-5-12(13)14(17)18)15(19)7-10-2-1-3-11(8-15)20-10/h4-6,10-11,14,19H,1-3,7-8H2. The molecule has 0 saturated carbocycles. The van der Waals surface area contributed by atoms with Crippen LogP contribution in [0, 0.1) is 5.82 Å². The highest BCUT2D eigenvalue weighted by atomic mass is 32.2. The van der Waals surface area contributed by atoms with Gasteiger partial charge < -0.3 is 5.11 Å². The van der Waals surface area contributed by atoms with Crippen LogP contribution in [-0.4, -0.2) is 15.6 Å². The molecule has 0 aromatic heterocycles. The predicted molar refractivity (Wildman–Crippen MR) is 73.5 cm³/mol. The number of halogens is 3. The number of hydrogen-bond donors (Lipinski definition) is 1. The summed E-state index contributed by atoms with van der Waals surface area (Å²) >= 11 is 1.91. The van der Waals surface area contributed by atoms with Gasteiger partial charge in [-0.1, -0.05) is 18.6 Å². The van der Waals surface area contributed by atoms with E-state index in [0.29, 0.717) is 28.9 Å². The molecule has 1 nitrogen and oxygen atoms in total. The van der Waals surface area contributed by atoms with E-state index in [4.69, 9.17) is 0 Å². The molecular weight excluding hydrogens is 285 g/mol. The SMILES string of the molecule is OC1(c2ccc(C(F)F)c(F)c2)CC2CCCC(C1)S2. The molecule has 2 bridgehead atoms. The van der Waals surface area contributed by atoms with E-state index >= 15 is 0 Å². The summed E-state index contributed by atoms with van der Waals surface area (Å²) < 4.78 is 38.9. The highest BCUT2D eigenvalue weighted by molar-refractivity contribution is 8.00. The van der Waals surface area contributed by atoms with Crippen LogP contribution in [0.4, 0.5) is 13.2 Å². The molecule has 2 aliphatic heterocycles. The molecule has 2 heterocycles. The summed E-state index contributed by atoms with van der Waals surface area (Å²) in [6, 6.07) is 3.65. The lowest BCUT2D eigenvalue weighted by Gasteiger charge is -2.44. The van der Waals surface area contributed by atoms with Gasteiger partial charge in [0.1, 0.15) is 5.82 Å². The van der Waals surface area contributed by atoms with Crippen molar-refractivity contribution in [2.24, 2.45) is 0 Å². The molecule has 20 heavy (non-hydrogen) atoms. The maximum Gasteiger partial charge on any atom is 0.266 e. The van der Waals surface area contributed by atoms with Gasteiger partial charge in [-0.3, -0.25) is 0 Å². The first-order chi connectivity index (χ1) is 9.48. The number of aliphatic hydroxyl groups is 1. The Morgan fingerprint density at radius 3 is 2.40 bits per heavy atom. The fraction of sp³-hybridized carbons (Fsp3) is 0.600. The van der Waals surface area contributed by atoms with E-state index in [9.17, 15) is 18.3 Å². The van der Waals surface area contributed by atoms with Gasteiger partial charge >= 0.3 is 0 Å². The zero-order valence-corrected chi connectivity index (χ0v) is 11.8. The maximum atomic E-state index is 13.7. The minimum atomic E-state index is -2.82. The average molecular weight is 302 g/mol. The summed E-state index contributed by atoms with van der Waals surface area (Å²) in [4.78, 5) is 0. The van der Waals surface area contributed by atoms with Crippen LogP contribution < -0.4 is 0 Å². The Morgan fingerprint density at radius 2 is 1.85 bits per heavy atom. The zero-order chi connectivity index (χ0) is 14.3. The third-order valence-electron chi connectivity index (χ3n) is 4.34. The maximum absolute atomic E-state index is 13.7. The summed E-state index contributed by atoms with van der Waals surface area (Å²) in [6.07, 6.45) is 1.67. The molecule has 2 saturated heterocycles. The van der Waals surface area contributed by atoms with Crippen LogP contribution >= 0.6 is 11.8 Å². The number of fused-ring (bicyclic) bond motifs is 2. The highest BCUT2D eigenvalue weighted by Crippen LogP contribution is 2.49. The van der Waals surface area contributed by atoms with Gasteiger partial charge in [0.05, 0.1) is 11.2 Å². The predicted octanol–water partition coefficient (Wildman–Crippen LogP) is 4.40. The molecule has 1 aromatic carbocycles. The van der Waals surface area contributed by atoms with Gasteiger partial charge in [0.2, 0.25) is 0 Å². The smallest absolute Gasteiger partial charge is 0.266 e. The van der Waals surface area contributed by atoms with Crippen LogP contribution in [0.5, 0.6) is 0 Å². The van der Waals surface area contributed by atoms with Crippen molar-refractivity contribution in [3.63, 3.8) is 0 Å². The van der Waals surface area contributed by atoms with E-state index in [1.54, 1.807) is 0 Å². The molecule has 0 radical (unpaired) electrons. The van der Waals surface area contributed by atoms with E-state index in [-0.39, 0.29) is 0 Å². The first-order valence-electron chi connectivity index (χ1n) is 6.94. The van der Waals surface area contributed by atoms with Crippen LogP contribution in [0.25, 0.3) is 0 Å². The normalized spacial score (nSPS) is 33.5. The molecule has 2 aliphatic rings. The number of alkyl halides is 2. The molecule has 2 atom stereocenters. The van der Waals surface area contributed by atoms with E-state index in [0.717, 1.165) is 25.0 Å². The second-order valence-electron chi connectivity index (χ2n) is 5.79. The van der Waals surface area contributed by atoms with Crippen molar-refractivity contribution in [3.05, 3.63) is 35.1 Å². The number of rotatable bonds is 2. The third-order valence-corrected chi connectivity index (χ3v) is 5.92. The van der Waals surface area contributed by atoms with Crippen molar-refractivity contribution >= 4 is 11.8 Å². The summed E-state index contributed by atoms with van der Waals surface area (Å²) in [5.74, 6) is -0.922. The first-order valence-corrected chi connectivity index (χ1v) is 7.88. The van der Waals surface area contributed by atoms with Crippen LogP contribution in [0.1, 0.15) is 49.7 Å². The molecule has 1 N–H and O–H groups in total. The Bertz CT molecular complexity index is 494. The molecule has 0 amide bonds. The van der Waals surface area contributed by atoms with E-state index in [2.05, 4.69) is 0 Å². The monoisotopic (exact) mass is 302 g/mol. The molecule has 110 valence electrons. The average Bonchev–Trinajstić information content (AvgIpc) is 2.37. The number of hydrogen-bond acceptors (Lipinski definition) is 2. The third kappa shape index (κ3) is 2.58. The Balaban J connectivity index is 1.89. The van der Waals surface area contributed by atoms with Gasteiger partial charge in [0.25, 0.3) is 6.43 Å². The molecule has 3 rings (SSSR count). The summed E-state index contributed by atoms with van der Waals surface area (Å²) in [5, 5.41) is 11.6. The molecule has 2 fully saturated rings. The van der Waals surface area contributed by atoms with Gasteiger partial charge in [-0.25, -0.2) is 13.2 Å². The second kappa shape index (κ2) is 5.26. The lowest BCUT2D eigenvalue weighted by atomic mass is 9.80. The lowest BCUT2D eigenvalue weighted by Crippen LogP contribution is -2.40. The molecule has 2 unspecified atom stereocenters.